The first kappa shape index (κ1) is 11.4. The smallest absolute Gasteiger partial charge is 0.131 e. The molecule has 1 aliphatic carbocycles. The second kappa shape index (κ2) is 4.86. The Morgan fingerprint density at radius 3 is 2.28 bits per heavy atom. The van der Waals surface area contributed by atoms with Crippen molar-refractivity contribution in [1.29, 1.82) is 0 Å². The number of fused-ring (bicyclic) bond motifs is 1. The van der Waals surface area contributed by atoms with E-state index >= 15 is 0 Å². The molecule has 0 fully saturated rings. The first-order valence-corrected chi connectivity index (χ1v) is 6.39. The zero-order chi connectivity index (χ0) is 12.4. The molecule has 3 nitrogen and oxygen atoms in total. The molecule has 1 aromatic carbocycles. The summed E-state index contributed by atoms with van der Waals surface area (Å²) in [4.78, 5) is 9.02. The monoisotopic (exact) mass is 239 g/mol. The van der Waals surface area contributed by atoms with Gasteiger partial charge in [0.05, 0.1) is 0 Å². The molecule has 1 N–H and O–H groups in total. The first-order valence-electron chi connectivity index (χ1n) is 6.39. The summed E-state index contributed by atoms with van der Waals surface area (Å²) in [5.74, 6) is 1.43. The van der Waals surface area contributed by atoms with Crippen molar-refractivity contribution in [3.63, 3.8) is 0 Å². The van der Waals surface area contributed by atoms with Gasteiger partial charge in [0.25, 0.3) is 0 Å². The number of rotatable bonds is 3. The van der Waals surface area contributed by atoms with Crippen molar-refractivity contribution in [3.8, 4) is 0 Å². The normalized spacial score (nSPS) is 14.7. The Hall–Kier alpha value is -1.74. The van der Waals surface area contributed by atoms with E-state index < -0.39 is 0 Å². The van der Waals surface area contributed by atoms with E-state index in [1.807, 2.05) is 19.4 Å². The van der Waals surface area contributed by atoms with Gasteiger partial charge in [-0.15, -0.1) is 0 Å². The SMILES string of the molecule is CNCc1cnc(C2Cc3ccccc3C2)nc1. The maximum atomic E-state index is 4.51. The third kappa shape index (κ3) is 2.14. The minimum Gasteiger partial charge on any atom is -0.316 e. The largest absolute Gasteiger partial charge is 0.316 e. The Balaban J connectivity index is 1.78. The van der Waals surface area contributed by atoms with Gasteiger partial charge in [-0.05, 0) is 31.0 Å². The molecule has 1 heterocycles. The Kier molecular flexibility index (Phi) is 3.07. The van der Waals surface area contributed by atoms with Crippen molar-refractivity contribution >= 4 is 0 Å². The van der Waals surface area contributed by atoms with Crippen LogP contribution in [0, 0.1) is 0 Å². The second-order valence-electron chi connectivity index (χ2n) is 4.85. The topological polar surface area (TPSA) is 37.8 Å². The lowest BCUT2D eigenvalue weighted by Gasteiger charge is -2.07. The quantitative estimate of drug-likeness (QED) is 0.891. The highest BCUT2D eigenvalue weighted by Crippen LogP contribution is 2.31. The second-order valence-corrected chi connectivity index (χ2v) is 4.85. The summed E-state index contributed by atoms with van der Waals surface area (Å²) < 4.78 is 0. The maximum absolute atomic E-state index is 4.51. The molecule has 0 aliphatic heterocycles. The third-order valence-electron chi connectivity index (χ3n) is 3.52. The maximum Gasteiger partial charge on any atom is 0.131 e. The molecule has 1 aromatic heterocycles. The Labute approximate surface area is 107 Å². The van der Waals surface area contributed by atoms with Gasteiger partial charge in [-0.3, -0.25) is 0 Å². The molecule has 0 bridgehead atoms. The predicted octanol–water partition coefficient (Wildman–Crippen LogP) is 2.08. The zero-order valence-corrected chi connectivity index (χ0v) is 10.6. The van der Waals surface area contributed by atoms with Gasteiger partial charge in [0.15, 0.2) is 0 Å². The minimum atomic E-state index is 0.450. The molecule has 0 spiro atoms. The predicted molar refractivity (Wildman–Crippen MR) is 71.4 cm³/mol. The fourth-order valence-corrected chi connectivity index (χ4v) is 2.61. The molecule has 0 atom stereocenters. The minimum absolute atomic E-state index is 0.450. The molecule has 3 rings (SSSR count). The Morgan fingerprint density at radius 2 is 1.72 bits per heavy atom. The van der Waals surface area contributed by atoms with Crippen molar-refractivity contribution < 1.29 is 0 Å². The van der Waals surface area contributed by atoms with Crippen LogP contribution in [-0.4, -0.2) is 17.0 Å². The van der Waals surface area contributed by atoms with Gasteiger partial charge in [0.2, 0.25) is 0 Å². The number of hydrogen-bond acceptors (Lipinski definition) is 3. The molecule has 0 radical (unpaired) electrons. The van der Waals surface area contributed by atoms with Crippen molar-refractivity contribution in [2.45, 2.75) is 25.3 Å². The summed E-state index contributed by atoms with van der Waals surface area (Å²) in [6.45, 7) is 0.825. The van der Waals surface area contributed by atoms with Crippen LogP contribution in [0.1, 0.15) is 28.4 Å². The molecule has 0 saturated heterocycles. The van der Waals surface area contributed by atoms with Crippen LogP contribution in [0.2, 0.25) is 0 Å². The Morgan fingerprint density at radius 1 is 1.11 bits per heavy atom. The van der Waals surface area contributed by atoms with Gasteiger partial charge in [-0.1, -0.05) is 24.3 Å². The molecule has 18 heavy (non-hydrogen) atoms. The molecule has 3 heteroatoms. The van der Waals surface area contributed by atoms with Crippen LogP contribution in [0.15, 0.2) is 36.7 Å². The molecule has 2 aromatic rings. The van der Waals surface area contributed by atoms with E-state index in [2.05, 4.69) is 39.6 Å². The van der Waals surface area contributed by atoms with Gasteiger partial charge < -0.3 is 5.32 Å². The summed E-state index contributed by atoms with van der Waals surface area (Å²) in [7, 11) is 1.93. The van der Waals surface area contributed by atoms with E-state index in [0.717, 1.165) is 30.8 Å². The van der Waals surface area contributed by atoms with Gasteiger partial charge in [-0.2, -0.15) is 0 Å². The fourth-order valence-electron chi connectivity index (χ4n) is 2.61. The highest BCUT2D eigenvalue weighted by Gasteiger charge is 2.24. The first-order chi connectivity index (χ1) is 8.86. The highest BCUT2D eigenvalue weighted by atomic mass is 14.9. The molecular weight excluding hydrogens is 222 g/mol. The van der Waals surface area contributed by atoms with E-state index in [9.17, 15) is 0 Å². The molecule has 0 amide bonds. The summed E-state index contributed by atoms with van der Waals surface area (Å²) in [6.07, 6.45) is 6.01. The van der Waals surface area contributed by atoms with Crippen LogP contribution in [-0.2, 0) is 19.4 Å². The van der Waals surface area contributed by atoms with Crippen LogP contribution in [0.3, 0.4) is 0 Å². The Bertz CT molecular complexity index is 509. The highest BCUT2D eigenvalue weighted by molar-refractivity contribution is 5.35. The van der Waals surface area contributed by atoms with E-state index in [4.69, 9.17) is 0 Å². The average molecular weight is 239 g/mol. The molecular formula is C15H17N3. The van der Waals surface area contributed by atoms with Crippen molar-refractivity contribution in [3.05, 3.63) is 59.2 Å². The van der Waals surface area contributed by atoms with E-state index in [1.165, 1.54) is 11.1 Å². The average Bonchev–Trinajstić information content (AvgIpc) is 2.84. The van der Waals surface area contributed by atoms with Crippen LogP contribution >= 0.6 is 0 Å². The summed E-state index contributed by atoms with van der Waals surface area (Å²) in [6, 6.07) is 8.64. The third-order valence-corrected chi connectivity index (χ3v) is 3.52. The summed E-state index contributed by atoms with van der Waals surface area (Å²) >= 11 is 0. The lowest BCUT2D eigenvalue weighted by molar-refractivity contribution is 0.675. The number of nitrogens with one attached hydrogen (secondary N) is 1. The van der Waals surface area contributed by atoms with Crippen LogP contribution in [0.4, 0.5) is 0 Å². The summed E-state index contributed by atoms with van der Waals surface area (Å²) in [5, 5.41) is 3.11. The lowest BCUT2D eigenvalue weighted by atomic mass is 10.1. The zero-order valence-electron chi connectivity index (χ0n) is 10.6. The van der Waals surface area contributed by atoms with Gasteiger partial charge >= 0.3 is 0 Å². The standard InChI is InChI=1S/C15H17N3/c1-16-8-11-9-17-15(18-10-11)14-6-12-4-2-3-5-13(12)7-14/h2-5,9-10,14,16H,6-8H2,1H3. The van der Waals surface area contributed by atoms with Crippen molar-refractivity contribution in [2.24, 2.45) is 0 Å². The molecule has 0 unspecified atom stereocenters. The van der Waals surface area contributed by atoms with Crippen molar-refractivity contribution in [2.75, 3.05) is 7.05 Å². The van der Waals surface area contributed by atoms with Crippen LogP contribution in [0.25, 0.3) is 0 Å². The number of aromatic nitrogens is 2. The lowest BCUT2D eigenvalue weighted by Crippen LogP contribution is -2.09. The number of benzene rings is 1. The molecule has 0 saturated carbocycles. The number of nitrogens with zero attached hydrogens (tertiary/aromatic N) is 2. The van der Waals surface area contributed by atoms with Crippen LogP contribution in [0.5, 0.6) is 0 Å². The van der Waals surface area contributed by atoms with E-state index in [1.54, 1.807) is 0 Å². The van der Waals surface area contributed by atoms with E-state index in [0.29, 0.717) is 5.92 Å². The van der Waals surface area contributed by atoms with Crippen molar-refractivity contribution in [1.82, 2.24) is 15.3 Å². The fraction of sp³-hybridized carbons (Fsp3) is 0.333. The van der Waals surface area contributed by atoms with Crippen LogP contribution < -0.4 is 5.32 Å². The van der Waals surface area contributed by atoms with Gasteiger partial charge in [0.1, 0.15) is 5.82 Å². The van der Waals surface area contributed by atoms with Gasteiger partial charge in [0, 0.05) is 30.4 Å². The summed E-state index contributed by atoms with van der Waals surface area (Å²) in [5.41, 5.74) is 4.03. The number of hydrogen-bond donors (Lipinski definition) is 1. The van der Waals surface area contributed by atoms with Gasteiger partial charge in [-0.25, -0.2) is 9.97 Å². The molecule has 92 valence electrons. The van der Waals surface area contributed by atoms with E-state index in [-0.39, 0.29) is 0 Å². The molecule has 1 aliphatic rings.